The number of anilines is 2. The third-order valence-electron chi connectivity index (χ3n) is 4.78. The van der Waals surface area contributed by atoms with E-state index >= 15 is 0 Å². The Kier molecular flexibility index (Phi) is 6.13. The zero-order valence-electron chi connectivity index (χ0n) is 17.4. The second kappa shape index (κ2) is 9.33. The molecule has 34 heavy (non-hydrogen) atoms. The van der Waals surface area contributed by atoms with Crippen LogP contribution in [0.4, 0.5) is 15.8 Å². The highest BCUT2D eigenvalue weighted by molar-refractivity contribution is 6.09. The summed E-state index contributed by atoms with van der Waals surface area (Å²) < 4.78 is 19.0. The molecule has 3 aromatic carbocycles. The Morgan fingerprint density at radius 3 is 2.44 bits per heavy atom. The molecule has 1 aromatic heterocycles. The fourth-order valence-electron chi connectivity index (χ4n) is 3.21. The summed E-state index contributed by atoms with van der Waals surface area (Å²) in [6.45, 7) is -0.428. The summed E-state index contributed by atoms with van der Waals surface area (Å²) >= 11 is 0. The van der Waals surface area contributed by atoms with E-state index in [1.54, 1.807) is 18.2 Å². The van der Waals surface area contributed by atoms with Crippen LogP contribution in [0.3, 0.4) is 0 Å². The molecule has 0 aliphatic rings. The minimum atomic E-state index is -0.698. The maximum atomic E-state index is 13.4. The first kappa shape index (κ1) is 22.3. The van der Waals surface area contributed by atoms with Crippen LogP contribution < -0.4 is 15.4 Å². The van der Waals surface area contributed by atoms with Crippen molar-refractivity contribution in [2.45, 2.75) is 0 Å². The molecule has 9 nitrogen and oxygen atoms in total. The predicted octanol–water partition coefficient (Wildman–Crippen LogP) is 3.76. The van der Waals surface area contributed by atoms with Crippen molar-refractivity contribution >= 4 is 34.1 Å². The van der Waals surface area contributed by atoms with Crippen molar-refractivity contribution in [2.24, 2.45) is 0 Å². The molecular weight excluding hydrogens is 445 g/mol. The van der Waals surface area contributed by atoms with Gasteiger partial charge in [0.05, 0.1) is 5.69 Å². The highest BCUT2D eigenvalue weighted by Crippen LogP contribution is 2.37. The Labute approximate surface area is 192 Å². The molecule has 0 fully saturated rings. The average molecular weight is 463 g/mol. The maximum absolute atomic E-state index is 13.4. The molecule has 0 atom stereocenters. The van der Waals surface area contributed by atoms with E-state index in [2.05, 4.69) is 15.6 Å². The third kappa shape index (κ3) is 4.80. The molecule has 10 heteroatoms. The molecule has 4 rings (SSSR count). The quantitative estimate of drug-likeness (QED) is 0.217. The van der Waals surface area contributed by atoms with Crippen LogP contribution in [0.5, 0.6) is 23.0 Å². The molecule has 0 aliphatic carbocycles. The van der Waals surface area contributed by atoms with E-state index in [4.69, 9.17) is 4.74 Å². The Balaban J connectivity index is 1.50. The molecule has 4 aromatic rings. The number of hydrogen-bond acceptors (Lipinski definition) is 7. The maximum Gasteiger partial charge on any atom is 0.262 e. The lowest BCUT2D eigenvalue weighted by molar-refractivity contribution is -0.118. The molecule has 0 radical (unpaired) electrons. The number of carbonyl (C=O) groups excluding carboxylic acids is 2. The summed E-state index contributed by atoms with van der Waals surface area (Å²) in [6, 6.07) is 13.9. The summed E-state index contributed by atoms with van der Waals surface area (Å²) in [6.07, 6.45) is 1.52. The minimum Gasteiger partial charge on any atom is -0.504 e. The highest BCUT2D eigenvalue weighted by Gasteiger charge is 2.14. The van der Waals surface area contributed by atoms with E-state index in [-0.39, 0.29) is 17.0 Å². The zero-order chi connectivity index (χ0) is 24.2. The molecule has 0 saturated carbocycles. The van der Waals surface area contributed by atoms with E-state index in [0.29, 0.717) is 16.6 Å². The number of aromatic nitrogens is 1. The normalized spacial score (nSPS) is 10.6. The van der Waals surface area contributed by atoms with Crippen LogP contribution in [-0.2, 0) is 4.79 Å². The number of phenols is 3. The van der Waals surface area contributed by atoms with Gasteiger partial charge in [0.25, 0.3) is 11.8 Å². The first-order valence-electron chi connectivity index (χ1n) is 9.94. The molecule has 0 saturated heterocycles. The van der Waals surface area contributed by atoms with Crippen LogP contribution >= 0.6 is 0 Å². The summed E-state index contributed by atoms with van der Waals surface area (Å²) in [5, 5.41) is 34.2. The van der Waals surface area contributed by atoms with Crippen molar-refractivity contribution in [3.8, 4) is 23.0 Å². The van der Waals surface area contributed by atoms with Gasteiger partial charge in [-0.3, -0.25) is 14.6 Å². The molecule has 2 amide bonds. The number of nitrogens with one attached hydrogen (secondary N) is 2. The predicted molar refractivity (Wildman–Crippen MR) is 122 cm³/mol. The highest BCUT2D eigenvalue weighted by atomic mass is 19.1. The summed E-state index contributed by atoms with van der Waals surface area (Å²) in [4.78, 5) is 29.0. The molecule has 0 bridgehead atoms. The number of nitrogens with zero attached hydrogens (tertiary/aromatic N) is 1. The van der Waals surface area contributed by atoms with Gasteiger partial charge >= 0.3 is 0 Å². The van der Waals surface area contributed by atoms with Crippen molar-refractivity contribution < 1.29 is 34.0 Å². The number of phenolic OH excluding ortho intramolecular Hbond substituents is 3. The van der Waals surface area contributed by atoms with Gasteiger partial charge in [0.1, 0.15) is 17.1 Å². The third-order valence-corrected chi connectivity index (χ3v) is 4.78. The molecule has 0 aliphatic heterocycles. The van der Waals surface area contributed by atoms with Gasteiger partial charge < -0.3 is 30.7 Å². The van der Waals surface area contributed by atoms with Crippen molar-refractivity contribution in [3.63, 3.8) is 0 Å². The van der Waals surface area contributed by atoms with Crippen LogP contribution in [0.1, 0.15) is 10.4 Å². The van der Waals surface area contributed by atoms with Gasteiger partial charge in [0, 0.05) is 35.0 Å². The van der Waals surface area contributed by atoms with E-state index in [1.807, 2.05) is 0 Å². The number of fused-ring (bicyclic) bond motifs is 1. The second-order valence-electron chi connectivity index (χ2n) is 7.18. The number of halogens is 1. The zero-order valence-corrected chi connectivity index (χ0v) is 17.4. The topological polar surface area (TPSA) is 141 Å². The molecule has 5 N–H and O–H groups in total. The number of benzene rings is 3. The van der Waals surface area contributed by atoms with E-state index < -0.39 is 41.5 Å². The van der Waals surface area contributed by atoms with Gasteiger partial charge in [0.2, 0.25) is 0 Å². The largest absolute Gasteiger partial charge is 0.504 e. The standard InChI is InChI=1S/C24H18FN3O6/c25-14-4-1-3-13(9-14)24(33)28-17-6-7-20(22-16(17)5-2-8-26-22)34-12-21(31)27-15-10-18(29)23(32)19(30)11-15/h1-11,29-30,32H,12H2,(H,27,31)(H,28,33). The van der Waals surface area contributed by atoms with Crippen molar-refractivity contribution in [3.05, 3.63) is 78.2 Å². The van der Waals surface area contributed by atoms with Crippen LogP contribution in [0, 0.1) is 5.82 Å². The fourth-order valence-corrected chi connectivity index (χ4v) is 3.21. The minimum absolute atomic E-state index is 0.0554. The number of pyridine rings is 1. The van der Waals surface area contributed by atoms with Crippen LogP contribution in [-0.4, -0.2) is 38.7 Å². The fraction of sp³-hybridized carbons (Fsp3) is 0.0417. The Hall–Kier alpha value is -4.86. The van der Waals surface area contributed by atoms with Gasteiger partial charge in [0.15, 0.2) is 23.9 Å². The second-order valence-corrected chi connectivity index (χ2v) is 7.18. The number of ether oxygens (including phenoxy) is 1. The van der Waals surface area contributed by atoms with E-state index in [1.165, 1.54) is 30.5 Å². The van der Waals surface area contributed by atoms with Gasteiger partial charge in [-0.15, -0.1) is 0 Å². The lowest BCUT2D eigenvalue weighted by atomic mass is 10.1. The van der Waals surface area contributed by atoms with E-state index in [9.17, 15) is 29.3 Å². The summed E-state index contributed by atoms with van der Waals surface area (Å²) in [7, 11) is 0. The van der Waals surface area contributed by atoms with Crippen molar-refractivity contribution in [2.75, 3.05) is 17.2 Å². The molecule has 1 heterocycles. The summed E-state index contributed by atoms with van der Waals surface area (Å²) in [5.41, 5.74) is 1.01. The number of aromatic hydroxyl groups is 3. The number of rotatable bonds is 6. The van der Waals surface area contributed by atoms with Gasteiger partial charge in [-0.05, 0) is 42.5 Å². The van der Waals surface area contributed by atoms with Gasteiger partial charge in [-0.2, -0.15) is 0 Å². The number of amides is 2. The smallest absolute Gasteiger partial charge is 0.262 e. The average Bonchev–Trinajstić information content (AvgIpc) is 2.82. The molecule has 0 spiro atoms. The van der Waals surface area contributed by atoms with Gasteiger partial charge in [-0.1, -0.05) is 6.07 Å². The molecule has 0 unspecified atom stereocenters. The SMILES string of the molecule is O=C(COc1ccc(NC(=O)c2cccc(F)c2)c2cccnc12)Nc1cc(O)c(O)c(O)c1. The van der Waals surface area contributed by atoms with Crippen LogP contribution in [0.15, 0.2) is 66.9 Å². The van der Waals surface area contributed by atoms with Crippen LogP contribution in [0.25, 0.3) is 10.9 Å². The van der Waals surface area contributed by atoms with Crippen molar-refractivity contribution in [1.29, 1.82) is 0 Å². The molecular formula is C24H18FN3O6. The molecule has 172 valence electrons. The summed E-state index contributed by atoms with van der Waals surface area (Å²) in [5.74, 6) is -3.25. The Morgan fingerprint density at radius 2 is 1.71 bits per heavy atom. The first-order chi connectivity index (χ1) is 16.3. The van der Waals surface area contributed by atoms with Crippen LogP contribution in [0.2, 0.25) is 0 Å². The van der Waals surface area contributed by atoms with Gasteiger partial charge in [-0.25, -0.2) is 4.39 Å². The lowest BCUT2D eigenvalue weighted by Gasteiger charge is -2.13. The number of hydrogen-bond donors (Lipinski definition) is 5. The van der Waals surface area contributed by atoms with Crippen molar-refractivity contribution in [1.82, 2.24) is 4.98 Å². The Bertz CT molecular complexity index is 1390. The lowest BCUT2D eigenvalue weighted by Crippen LogP contribution is -2.20. The van der Waals surface area contributed by atoms with E-state index in [0.717, 1.165) is 18.2 Å². The Morgan fingerprint density at radius 1 is 0.941 bits per heavy atom. The monoisotopic (exact) mass is 463 g/mol. The number of carbonyl (C=O) groups is 2. The first-order valence-corrected chi connectivity index (χ1v) is 9.94.